The fourth-order valence-electron chi connectivity index (χ4n) is 1.59. The van der Waals surface area contributed by atoms with Gasteiger partial charge in [-0.05, 0) is 29.8 Å². The van der Waals surface area contributed by atoms with Crippen LogP contribution in [0.15, 0.2) is 42.9 Å². The summed E-state index contributed by atoms with van der Waals surface area (Å²) < 4.78 is 0.374. The molecule has 0 spiro atoms. The molecule has 0 aromatic carbocycles. The van der Waals surface area contributed by atoms with Crippen LogP contribution in [-0.4, -0.2) is 27.5 Å². The number of aliphatic hydroxyl groups is 1. The molecule has 2 rings (SSSR count). The highest BCUT2D eigenvalue weighted by molar-refractivity contribution is 7.71. The summed E-state index contributed by atoms with van der Waals surface area (Å²) >= 11 is 5.01. The number of hydrogen-bond acceptors (Lipinski definition) is 4. The molecule has 0 saturated carbocycles. The normalized spacial score (nSPS) is 11.8. The van der Waals surface area contributed by atoms with Crippen LogP contribution in [0.5, 0.6) is 0 Å². The maximum absolute atomic E-state index is 11.9. The second kappa shape index (κ2) is 6.21. The van der Waals surface area contributed by atoms with Crippen LogP contribution in [0.1, 0.15) is 22.0 Å². The lowest BCUT2D eigenvalue weighted by molar-refractivity contribution is 0.0915. The summed E-state index contributed by atoms with van der Waals surface area (Å²) in [7, 11) is 0. The van der Waals surface area contributed by atoms with Crippen molar-refractivity contribution in [2.45, 2.75) is 6.10 Å². The molecule has 6 heteroatoms. The Bertz CT molecular complexity index is 613. The molecular formula is C13H13N3O2S. The average molecular weight is 275 g/mol. The van der Waals surface area contributed by atoms with E-state index in [9.17, 15) is 9.90 Å². The highest BCUT2D eigenvalue weighted by atomic mass is 32.1. The summed E-state index contributed by atoms with van der Waals surface area (Å²) in [5, 5.41) is 12.6. The van der Waals surface area contributed by atoms with E-state index in [1.165, 1.54) is 0 Å². The van der Waals surface area contributed by atoms with Gasteiger partial charge in [-0.15, -0.1) is 0 Å². The van der Waals surface area contributed by atoms with E-state index < -0.39 is 6.10 Å². The zero-order chi connectivity index (χ0) is 13.7. The van der Waals surface area contributed by atoms with Gasteiger partial charge in [-0.2, -0.15) is 0 Å². The molecule has 2 heterocycles. The number of carbonyl (C=O) groups is 1. The van der Waals surface area contributed by atoms with Crippen LogP contribution in [0.25, 0.3) is 0 Å². The lowest BCUT2D eigenvalue weighted by Gasteiger charge is -2.11. The lowest BCUT2D eigenvalue weighted by Crippen LogP contribution is -2.28. The molecule has 1 atom stereocenters. The zero-order valence-electron chi connectivity index (χ0n) is 10.0. The van der Waals surface area contributed by atoms with Crippen molar-refractivity contribution in [1.29, 1.82) is 0 Å². The van der Waals surface area contributed by atoms with Crippen LogP contribution >= 0.6 is 12.2 Å². The quantitative estimate of drug-likeness (QED) is 0.741. The van der Waals surface area contributed by atoms with Crippen molar-refractivity contribution in [1.82, 2.24) is 15.3 Å². The predicted molar refractivity (Wildman–Crippen MR) is 73.2 cm³/mol. The van der Waals surface area contributed by atoms with Crippen LogP contribution in [0.3, 0.4) is 0 Å². The van der Waals surface area contributed by atoms with Crippen molar-refractivity contribution < 1.29 is 9.90 Å². The summed E-state index contributed by atoms with van der Waals surface area (Å²) in [4.78, 5) is 18.5. The van der Waals surface area contributed by atoms with Crippen LogP contribution in [0.2, 0.25) is 0 Å². The number of aliphatic hydroxyl groups excluding tert-OH is 1. The Balaban J connectivity index is 1.98. The number of amides is 1. The summed E-state index contributed by atoms with van der Waals surface area (Å²) in [6.07, 6.45) is 4.07. The van der Waals surface area contributed by atoms with Gasteiger partial charge < -0.3 is 15.4 Å². The van der Waals surface area contributed by atoms with E-state index in [0.717, 1.165) is 0 Å². The summed E-state index contributed by atoms with van der Waals surface area (Å²) in [6.45, 7) is 0.118. The third kappa shape index (κ3) is 3.46. The zero-order valence-corrected chi connectivity index (χ0v) is 10.9. The maximum Gasteiger partial charge on any atom is 0.254 e. The molecular weight excluding hydrogens is 262 g/mol. The number of hydrogen-bond donors (Lipinski definition) is 3. The number of rotatable bonds is 4. The Morgan fingerprint density at radius 3 is 2.84 bits per heavy atom. The van der Waals surface area contributed by atoms with Gasteiger partial charge in [0.05, 0.1) is 11.7 Å². The topological polar surface area (TPSA) is 78.0 Å². The molecule has 0 aliphatic carbocycles. The minimum Gasteiger partial charge on any atom is -0.387 e. The second-order valence-corrected chi connectivity index (χ2v) is 4.33. The van der Waals surface area contributed by atoms with Crippen LogP contribution in [0, 0.1) is 4.64 Å². The molecule has 0 fully saturated rings. The molecule has 0 aliphatic rings. The van der Waals surface area contributed by atoms with Gasteiger partial charge in [0.25, 0.3) is 5.91 Å². The molecule has 5 nitrogen and oxygen atoms in total. The first-order valence-electron chi connectivity index (χ1n) is 5.72. The van der Waals surface area contributed by atoms with Gasteiger partial charge in [0.15, 0.2) is 0 Å². The molecule has 19 heavy (non-hydrogen) atoms. The lowest BCUT2D eigenvalue weighted by atomic mass is 10.1. The summed E-state index contributed by atoms with van der Waals surface area (Å²) in [5.41, 5.74) is 1.09. The molecule has 98 valence electrons. The van der Waals surface area contributed by atoms with E-state index in [4.69, 9.17) is 12.2 Å². The molecule has 0 saturated heterocycles. The van der Waals surface area contributed by atoms with Gasteiger partial charge in [-0.25, -0.2) is 0 Å². The van der Waals surface area contributed by atoms with Crippen molar-refractivity contribution >= 4 is 18.1 Å². The Hall–Kier alpha value is -2.05. The van der Waals surface area contributed by atoms with E-state index in [2.05, 4.69) is 15.3 Å². The highest BCUT2D eigenvalue weighted by Crippen LogP contribution is 2.10. The van der Waals surface area contributed by atoms with Gasteiger partial charge in [0, 0.05) is 25.1 Å². The van der Waals surface area contributed by atoms with Gasteiger partial charge in [-0.1, -0.05) is 12.2 Å². The summed E-state index contributed by atoms with van der Waals surface area (Å²) in [6, 6.07) is 6.73. The molecule has 0 radical (unpaired) electrons. The predicted octanol–water partition coefficient (Wildman–Crippen LogP) is 1.60. The second-order valence-electron chi connectivity index (χ2n) is 3.92. The van der Waals surface area contributed by atoms with Crippen molar-refractivity contribution in [3.63, 3.8) is 0 Å². The van der Waals surface area contributed by atoms with Crippen LogP contribution in [-0.2, 0) is 0 Å². The Kier molecular flexibility index (Phi) is 4.38. The summed E-state index contributed by atoms with van der Waals surface area (Å²) in [5.74, 6) is -0.310. The van der Waals surface area contributed by atoms with Crippen molar-refractivity contribution in [2.75, 3.05) is 6.54 Å². The molecule has 0 bridgehead atoms. The van der Waals surface area contributed by atoms with Gasteiger partial charge in [-0.3, -0.25) is 9.78 Å². The Morgan fingerprint density at radius 2 is 2.16 bits per heavy atom. The van der Waals surface area contributed by atoms with Crippen LogP contribution in [0.4, 0.5) is 0 Å². The Morgan fingerprint density at radius 1 is 1.42 bits per heavy atom. The van der Waals surface area contributed by atoms with Crippen molar-refractivity contribution in [3.05, 3.63) is 58.6 Å². The number of aromatic amines is 1. The van der Waals surface area contributed by atoms with Gasteiger partial charge in [0.2, 0.25) is 0 Å². The first-order chi connectivity index (χ1) is 9.18. The third-order valence-electron chi connectivity index (χ3n) is 2.61. The van der Waals surface area contributed by atoms with Crippen molar-refractivity contribution in [3.8, 4) is 0 Å². The molecule has 2 aromatic heterocycles. The monoisotopic (exact) mass is 275 g/mol. The van der Waals surface area contributed by atoms with E-state index in [0.29, 0.717) is 15.8 Å². The fraction of sp³-hybridized carbons (Fsp3) is 0.154. The fourth-order valence-corrected chi connectivity index (χ4v) is 1.82. The number of H-pyrrole nitrogens is 1. The number of aromatic nitrogens is 2. The third-order valence-corrected chi connectivity index (χ3v) is 2.95. The molecule has 1 unspecified atom stereocenters. The minimum atomic E-state index is -0.770. The van der Waals surface area contributed by atoms with E-state index in [1.54, 1.807) is 42.9 Å². The maximum atomic E-state index is 11.9. The smallest absolute Gasteiger partial charge is 0.254 e. The first-order valence-corrected chi connectivity index (χ1v) is 6.13. The first kappa shape index (κ1) is 13.4. The largest absolute Gasteiger partial charge is 0.387 e. The van der Waals surface area contributed by atoms with E-state index in [-0.39, 0.29) is 12.5 Å². The molecule has 0 aliphatic heterocycles. The molecule has 1 amide bonds. The number of pyridine rings is 2. The van der Waals surface area contributed by atoms with Gasteiger partial charge in [0.1, 0.15) is 4.64 Å². The minimum absolute atomic E-state index is 0.118. The number of carbonyl (C=O) groups excluding carboxylic acids is 1. The molecule has 3 N–H and O–H groups in total. The standard InChI is InChI=1S/C13H13N3O2S/c17-11(9-3-6-14-7-4-9)8-16-12(18)10-2-1-5-15-13(10)19/h1-7,11,17H,8H2,(H,15,19)(H,16,18). The SMILES string of the molecule is O=C(NCC(O)c1ccncc1)c1ccc[nH]c1=S. The number of nitrogens with one attached hydrogen (secondary N) is 2. The van der Waals surface area contributed by atoms with E-state index in [1.807, 2.05) is 0 Å². The van der Waals surface area contributed by atoms with Crippen molar-refractivity contribution in [2.24, 2.45) is 0 Å². The van der Waals surface area contributed by atoms with Gasteiger partial charge >= 0.3 is 0 Å². The highest BCUT2D eigenvalue weighted by Gasteiger charge is 2.11. The van der Waals surface area contributed by atoms with E-state index >= 15 is 0 Å². The van der Waals surface area contributed by atoms with Crippen LogP contribution < -0.4 is 5.32 Å². The molecule has 2 aromatic rings. The average Bonchev–Trinajstić information content (AvgIpc) is 2.46. The number of nitrogens with zero attached hydrogens (tertiary/aromatic N) is 1. The Labute approximate surface area is 115 Å².